The molecule has 0 aromatic heterocycles. The molecule has 10 atom stereocenters. The molecule has 0 spiro atoms. The summed E-state index contributed by atoms with van der Waals surface area (Å²) in [7, 11) is 0. The van der Waals surface area contributed by atoms with Crippen LogP contribution < -0.4 is 82.7 Å². The van der Waals surface area contributed by atoms with Gasteiger partial charge >= 0.3 is 0 Å². The fraction of sp³-hybridized carbons (Fsp3) is 0.587. The summed E-state index contributed by atoms with van der Waals surface area (Å²) in [6.07, 6.45) is 3.12. The van der Waals surface area contributed by atoms with Gasteiger partial charge in [-0.25, -0.2) is 0 Å². The van der Waals surface area contributed by atoms with Crippen LogP contribution >= 0.6 is 11.8 Å². The second-order valence-corrected chi connectivity index (χ2v) is 25.1. The fourth-order valence-corrected chi connectivity index (χ4v) is 11.5. The van der Waals surface area contributed by atoms with Crippen molar-refractivity contribution in [3.8, 4) is 0 Å². The molecular formula is C63H98N18O13S. The standard InChI is InChI=1S/C63H98N18O13S/c1-37(2)33-45(57(89)74-41(53(68)85)27-32-95-3)73-52(84)36-72-54(86)46(34-38-15-6-4-7-16-38)78-58(90)47(35-39-17-8-5-9-18-39)79-56(88)42(23-25-50(66)82)75-55(87)43(24-26-51(67)83)76-59(91)49-22-14-31-81(49)62(94)44(20-10-11-28-64)77-60(92)48-21-13-30-80(48)61(93)40(65)19-12-29-71-63(69)70/h4-9,15-18,37,40-49H,10-14,19-36,64-65H2,1-3H3,(H2,66,82)(H2,67,83)(H2,68,85)(H,72,86)(H,73,84)(H,74,89)(H,75,87)(H,76,91)(H,77,92)(H,78,90)(H,79,88)(H4,69,70,71)/t40-,41-,42+,43-,44-,45-,46-,47-,48+,49-/m0/s1. The third-order valence-electron chi connectivity index (χ3n) is 16.0. The Bertz CT molecular complexity index is 2960. The lowest BCUT2D eigenvalue weighted by molar-refractivity contribution is -0.144. The second kappa shape index (κ2) is 41.0. The van der Waals surface area contributed by atoms with Crippen LogP contribution in [0.15, 0.2) is 65.7 Å². The van der Waals surface area contributed by atoms with Crippen molar-refractivity contribution >= 4 is 94.5 Å². The second-order valence-electron chi connectivity index (χ2n) is 24.1. The zero-order valence-corrected chi connectivity index (χ0v) is 55.3. The van der Waals surface area contributed by atoms with Crippen molar-refractivity contribution in [3.05, 3.63) is 71.8 Å². The van der Waals surface area contributed by atoms with Crippen LogP contribution in [0.25, 0.3) is 0 Å². The molecule has 0 radical (unpaired) electrons. The van der Waals surface area contributed by atoms with Crippen molar-refractivity contribution in [2.75, 3.05) is 44.7 Å². The summed E-state index contributed by atoms with van der Waals surface area (Å²) in [6, 6.07) is 4.51. The molecule has 0 saturated carbocycles. The number of carbonyl (C=O) groups excluding carboxylic acids is 13. The lowest BCUT2D eigenvalue weighted by atomic mass is 10.0. The molecule has 0 bridgehead atoms. The number of hydrogen-bond donors (Lipinski definition) is 15. The first-order valence-corrected chi connectivity index (χ1v) is 33.6. The Labute approximate surface area is 558 Å². The number of rotatable bonds is 42. The van der Waals surface area contributed by atoms with Gasteiger partial charge in [-0.3, -0.25) is 67.3 Å². The molecule has 32 heteroatoms. The molecule has 524 valence electrons. The van der Waals surface area contributed by atoms with Gasteiger partial charge in [0.1, 0.15) is 54.4 Å². The summed E-state index contributed by atoms with van der Waals surface area (Å²) in [6.45, 7) is 3.86. The van der Waals surface area contributed by atoms with E-state index in [-0.39, 0.29) is 83.0 Å². The van der Waals surface area contributed by atoms with E-state index < -0.39 is 169 Å². The number of nitrogens with two attached hydrogens (primary N) is 7. The van der Waals surface area contributed by atoms with Gasteiger partial charge in [-0.1, -0.05) is 74.5 Å². The third kappa shape index (κ3) is 27.5. The lowest BCUT2D eigenvalue weighted by Gasteiger charge is -2.32. The van der Waals surface area contributed by atoms with Crippen molar-refractivity contribution in [1.29, 1.82) is 0 Å². The van der Waals surface area contributed by atoms with E-state index in [2.05, 4.69) is 47.5 Å². The van der Waals surface area contributed by atoms with Crippen molar-refractivity contribution < 1.29 is 62.3 Å². The van der Waals surface area contributed by atoms with Crippen molar-refractivity contribution in [3.63, 3.8) is 0 Å². The summed E-state index contributed by atoms with van der Waals surface area (Å²) in [5.74, 6) is -9.80. The molecule has 0 aliphatic carbocycles. The number of primary amides is 3. The first kappa shape index (κ1) is 78.5. The Morgan fingerprint density at radius 3 is 1.51 bits per heavy atom. The highest BCUT2D eigenvalue weighted by atomic mass is 32.2. The maximum absolute atomic E-state index is 14.7. The number of thioether (sulfide) groups is 1. The molecule has 31 nitrogen and oxygen atoms in total. The molecule has 2 saturated heterocycles. The Hall–Kier alpha value is -8.91. The SMILES string of the molecule is CSCC[C@H](NC(=O)[C@H](CC(C)C)NC(=O)CNC(=O)[C@H](Cc1ccccc1)NC(=O)[C@H](Cc1ccccc1)NC(=O)[C@@H](CCC(N)=O)NC(=O)[C@H](CCC(N)=O)NC(=O)[C@@H]1CCCN1C(=O)[C@H](CCCCN)NC(=O)[C@H]1CCCN1C(=O)[C@@H](N)CCCN=C(N)N)C(N)=O. The Balaban J connectivity index is 1.56. The zero-order chi connectivity index (χ0) is 70.1. The van der Waals surface area contributed by atoms with E-state index >= 15 is 0 Å². The van der Waals surface area contributed by atoms with Gasteiger partial charge in [0, 0.05) is 45.3 Å². The average molecular weight is 1350 g/mol. The number of unbranched alkanes of at least 4 members (excludes halogenated alkanes) is 1. The lowest BCUT2D eigenvalue weighted by Crippen LogP contribution is -2.60. The van der Waals surface area contributed by atoms with Crippen molar-refractivity contribution in [1.82, 2.24) is 52.3 Å². The summed E-state index contributed by atoms with van der Waals surface area (Å²) in [5, 5.41) is 21.1. The highest BCUT2D eigenvalue weighted by Crippen LogP contribution is 2.24. The molecular weight excluding hydrogens is 1250 g/mol. The number of likely N-dealkylation sites (tertiary alicyclic amines) is 2. The van der Waals surface area contributed by atoms with Crippen molar-refractivity contribution in [2.24, 2.45) is 51.0 Å². The first-order valence-electron chi connectivity index (χ1n) is 32.2. The first-order chi connectivity index (χ1) is 45.2. The number of amides is 13. The normalized spacial score (nSPS) is 16.8. The average Bonchev–Trinajstić information content (AvgIpc) is 1.74. The van der Waals surface area contributed by atoms with E-state index in [4.69, 9.17) is 40.1 Å². The van der Waals surface area contributed by atoms with Gasteiger partial charge < -0.3 is 92.5 Å². The molecule has 95 heavy (non-hydrogen) atoms. The predicted octanol–water partition coefficient (Wildman–Crippen LogP) is -3.71. The molecule has 13 amide bonds. The van der Waals surface area contributed by atoms with Gasteiger partial charge in [0.05, 0.1) is 12.6 Å². The summed E-state index contributed by atoms with van der Waals surface area (Å²) < 4.78 is 0. The largest absolute Gasteiger partial charge is 0.370 e. The van der Waals surface area contributed by atoms with E-state index in [0.29, 0.717) is 55.4 Å². The molecule has 0 unspecified atom stereocenters. The van der Waals surface area contributed by atoms with E-state index in [1.54, 1.807) is 60.7 Å². The maximum atomic E-state index is 14.7. The highest BCUT2D eigenvalue weighted by Gasteiger charge is 2.42. The smallest absolute Gasteiger partial charge is 0.245 e. The molecule has 22 N–H and O–H groups in total. The van der Waals surface area contributed by atoms with E-state index in [0.717, 1.165) is 0 Å². The monoisotopic (exact) mass is 1350 g/mol. The Morgan fingerprint density at radius 1 is 0.537 bits per heavy atom. The molecule has 2 aromatic rings. The number of hydrogen-bond acceptors (Lipinski definition) is 17. The van der Waals surface area contributed by atoms with Crippen molar-refractivity contribution in [2.45, 2.75) is 183 Å². The van der Waals surface area contributed by atoms with Crippen LogP contribution in [0.1, 0.15) is 121 Å². The summed E-state index contributed by atoms with van der Waals surface area (Å²) >= 11 is 1.45. The van der Waals surface area contributed by atoms with Gasteiger partial charge in [0.25, 0.3) is 0 Å². The molecule has 2 heterocycles. The number of nitrogens with one attached hydrogen (secondary N) is 8. The summed E-state index contributed by atoms with van der Waals surface area (Å²) in [5.41, 5.74) is 40.6. The van der Waals surface area contributed by atoms with Crippen LogP contribution in [0.3, 0.4) is 0 Å². The van der Waals surface area contributed by atoms with Crippen LogP contribution in [0.4, 0.5) is 0 Å². The van der Waals surface area contributed by atoms with E-state index in [1.807, 2.05) is 20.1 Å². The van der Waals surface area contributed by atoms with Crippen LogP contribution in [0.5, 0.6) is 0 Å². The van der Waals surface area contributed by atoms with E-state index in [9.17, 15) is 62.3 Å². The maximum Gasteiger partial charge on any atom is 0.245 e. The number of carbonyl (C=O) groups is 13. The number of nitrogens with zero attached hydrogens (tertiary/aromatic N) is 3. The minimum Gasteiger partial charge on any atom is -0.370 e. The van der Waals surface area contributed by atoms with Gasteiger partial charge in [-0.05, 0) is 119 Å². The Morgan fingerprint density at radius 2 is 1.01 bits per heavy atom. The molecule has 4 rings (SSSR count). The zero-order valence-electron chi connectivity index (χ0n) is 54.5. The Kier molecular flexibility index (Phi) is 33.9. The van der Waals surface area contributed by atoms with Crippen LogP contribution in [0.2, 0.25) is 0 Å². The molecule has 2 aliphatic rings. The quantitative estimate of drug-likeness (QED) is 0.0173. The molecule has 2 fully saturated rings. The van der Waals surface area contributed by atoms with Gasteiger partial charge in [-0.2, -0.15) is 11.8 Å². The van der Waals surface area contributed by atoms with Gasteiger partial charge in [0.15, 0.2) is 5.96 Å². The minimum absolute atomic E-state index is 0.0736. The number of benzene rings is 2. The minimum atomic E-state index is -1.64. The van der Waals surface area contributed by atoms with Crippen LogP contribution in [-0.2, 0) is 75.2 Å². The van der Waals surface area contributed by atoms with Gasteiger partial charge in [0.2, 0.25) is 76.8 Å². The molecule has 2 aliphatic heterocycles. The summed E-state index contributed by atoms with van der Waals surface area (Å²) in [4.78, 5) is 185. The fourth-order valence-electron chi connectivity index (χ4n) is 11.0. The van der Waals surface area contributed by atoms with Gasteiger partial charge in [-0.15, -0.1) is 0 Å². The highest BCUT2D eigenvalue weighted by molar-refractivity contribution is 7.98. The topological polar surface area (TPSA) is 519 Å². The van der Waals surface area contributed by atoms with Crippen LogP contribution in [0, 0.1) is 5.92 Å². The molecule has 2 aromatic carbocycles. The third-order valence-corrected chi connectivity index (χ3v) is 16.7. The van der Waals surface area contributed by atoms with Crippen LogP contribution in [-0.4, -0.2) is 198 Å². The number of aliphatic imine (C=N–C) groups is 1. The number of guanidine groups is 1. The van der Waals surface area contributed by atoms with E-state index in [1.165, 1.54) is 21.6 Å². The predicted molar refractivity (Wildman–Crippen MR) is 356 cm³/mol.